The molecular weight excluding hydrogens is 318 g/mol. The minimum Gasteiger partial charge on any atom is -0.393 e. The first-order chi connectivity index (χ1) is 12.6. The van der Waals surface area contributed by atoms with Crippen molar-refractivity contribution in [3.05, 3.63) is 11.6 Å². The molecule has 0 aromatic rings. The van der Waals surface area contributed by atoms with Crippen molar-refractivity contribution in [2.45, 2.75) is 90.1 Å². The molecule has 0 saturated heterocycles. The lowest BCUT2D eigenvalue weighted by molar-refractivity contribution is -0.132. The maximum absolute atomic E-state index is 10.2. The van der Waals surface area contributed by atoms with E-state index in [1.807, 2.05) is 6.08 Å². The number of rotatable bonds is 0. The van der Waals surface area contributed by atoms with E-state index in [4.69, 9.17) is 0 Å². The van der Waals surface area contributed by atoms with Crippen molar-refractivity contribution in [1.82, 2.24) is 0 Å². The van der Waals surface area contributed by atoms with Gasteiger partial charge in [-0.1, -0.05) is 12.5 Å². The van der Waals surface area contributed by atoms with Crippen molar-refractivity contribution in [2.75, 3.05) is 0 Å². The average molecular weight is 354 g/mol. The van der Waals surface area contributed by atoms with Gasteiger partial charge in [0.15, 0.2) is 0 Å². The second-order valence-corrected chi connectivity index (χ2v) is 10.7. The number of hydrogen-bond acceptors (Lipinski definition) is 2. The van der Waals surface area contributed by atoms with E-state index in [0.717, 1.165) is 42.4 Å². The third kappa shape index (κ3) is 2.25. The Balaban J connectivity index is 1.45. The quantitative estimate of drug-likeness (QED) is 0.574. The van der Waals surface area contributed by atoms with Crippen LogP contribution in [0.2, 0.25) is 0 Å². The summed E-state index contributed by atoms with van der Waals surface area (Å²) in [6.45, 7) is 2.59. The fourth-order valence-electron chi connectivity index (χ4n) is 9.14. The van der Waals surface area contributed by atoms with Crippen LogP contribution in [-0.4, -0.2) is 11.2 Å². The third-order valence-electron chi connectivity index (χ3n) is 10.2. The molecule has 5 aliphatic carbocycles. The molecule has 142 valence electrons. The number of allylic oxidation sites excluding steroid dienone is 2. The molecule has 0 aliphatic heterocycles. The molecule has 5 saturated carbocycles. The predicted octanol–water partition coefficient (Wildman–Crippen LogP) is 5.62. The fourth-order valence-corrected chi connectivity index (χ4v) is 9.14. The largest absolute Gasteiger partial charge is 0.393 e. The lowest BCUT2D eigenvalue weighted by Gasteiger charge is -2.62. The van der Waals surface area contributed by atoms with E-state index >= 15 is 0 Å². The average Bonchev–Trinajstić information content (AvgIpc) is 3.03. The maximum atomic E-state index is 10.2. The molecule has 5 fully saturated rings. The van der Waals surface area contributed by atoms with Crippen molar-refractivity contribution in [3.8, 4) is 6.07 Å². The molecular formula is C24H35NO. The Morgan fingerprint density at radius 2 is 1.92 bits per heavy atom. The van der Waals surface area contributed by atoms with Crippen LogP contribution in [0.25, 0.3) is 0 Å². The van der Waals surface area contributed by atoms with Gasteiger partial charge in [0.25, 0.3) is 0 Å². The molecule has 5 unspecified atom stereocenters. The highest BCUT2D eigenvalue weighted by Crippen LogP contribution is 2.70. The van der Waals surface area contributed by atoms with Crippen LogP contribution in [0.3, 0.4) is 0 Å². The van der Waals surface area contributed by atoms with Crippen LogP contribution in [-0.2, 0) is 0 Å². The topological polar surface area (TPSA) is 44.0 Å². The van der Waals surface area contributed by atoms with Crippen LogP contribution in [0.15, 0.2) is 11.6 Å². The lowest BCUT2D eigenvalue weighted by atomic mass is 9.43. The van der Waals surface area contributed by atoms with Crippen molar-refractivity contribution in [1.29, 1.82) is 5.26 Å². The van der Waals surface area contributed by atoms with Crippen molar-refractivity contribution in [3.63, 3.8) is 0 Å². The molecule has 8 atom stereocenters. The summed E-state index contributed by atoms with van der Waals surface area (Å²) in [4.78, 5) is 0. The zero-order valence-corrected chi connectivity index (χ0v) is 16.4. The van der Waals surface area contributed by atoms with Crippen molar-refractivity contribution in [2.24, 2.45) is 40.4 Å². The summed E-state index contributed by atoms with van der Waals surface area (Å²) in [7, 11) is 0. The normalized spacial score (nSPS) is 54.6. The molecule has 1 spiro atoms. The molecule has 1 N–H and O–H groups in total. The maximum Gasteiger partial charge on any atom is 0.0911 e. The zero-order valence-electron chi connectivity index (χ0n) is 16.4. The molecule has 2 heteroatoms. The molecule has 0 radical (unpaired) electrons. The van der Waals surface area contributed by atoms with E-state index in [1.54, 1.807) is 0 Å². The first-order valence-electron chi connectivity index (χ1n) is 11.3. The summed E-state index contributed by atoms with van der Waals surface area (Å²) >= 11 is 0. The van der Waals surface area contributed by atoms with E-state index in [9.17, 15) is 10.4 Å². The highest BCUT2D eigenvalue weighted by atomic mass is 16.3. The molecule has 0 heterocycles. The van der Waals surface area contributed by atoms with Crippen molar-refractivity contribution < 1.29 is 5.11 Å². The van der Waals surface area contributed by atoms with Gasteiger partial charge in [-0.05, 0) is 117 Å². The van der Waals surface area contributed by atoms with Gasteiger partial charge in [0, 0.05) is 6.08 Å². The molecule has 0 aromatic heterocycles. The zero-order chi connectivity index (χ0) is 17.9. The van der Waals surface area contributed by atoms with Crippen LogP contribution in [0.5, 0.6) is 0 Å². The van der Waals surface area contributed by atoms with Crippen molar-refractivity contribution >= 4 is 0 Å². The van der Waals surface area contributed by atoms with Gasteiger partial charge < -0.3 is 5.11 Å². The molecule has 26 heavy (non-hydrogen) atoms. The predicted molar refractivity (Wildman–Crippen MR) is 103 cm³/mol. The second kappa shape index (κ2) is 6.10. The summed E-state index contributed by atoms with van der Waals surface area (Å²) in [5.74, 6) is 4.22. The minimum absolute atomic E-state index is 0.0348. The Kier molecular flexibility index (Phi) is 4.06. The Bertz CT molecular complexity index is 647. The summed E-state index contributed by atoms with van der Waals surface area (Å²) < 4.78 is 0. The molecule has 2 nitrogen and oxygen atoms in total. The fraction of sp³-hybridized carbons (Fsp3) is 0.875. The Morgan fingerprint density at radius 3 is 2.77 bits per heavy atom. The number of hydrogen-bond donors (Lipinski definition) is 1. The summed E-state index contributed by atoms with van der Waals surface area (Å²) in [5, 5.41) is 19.5. The Morgan fingerprint density at radius 1 is 1.04 bits per heavy atom. The second-order valence-electron chi connectivity index (χ2n) is 10.7. The number of aliphatic hydroxyl groups is 1. The monoisotopic (exact) mass is 353 g/mol. The van der Waals surface area contributed by atoms with E-state index in [0.29, 0.717) is 10.8 Å². The molecule has 5 aliphatic rings. The van der Waals surface area contributed by atoms with Gasteiger partial charge in [-0.25, -0.2) is 0 Å². The number of fused-ring (bicyclic) bond motifs is 4. The first kappa shape index (κ1) is 17.3. The first-order valence-corrected chi connectivity index (χ1v) is 11.3. The van der Waals surface area contributed by atoms with E-state index in [-0.39, 0.29) is 6.10 Å². The van der Waals surface area contributed by atoms with Gasteiger partial charge in [0.2, 0.25) is 0 Å². The van der Waals surface area contributed by atoms with Gasteiger partial charge in [-0.15, -0.1) is 0 Å². The van der Waals surface area contributed by atoms with Gasteiger partial charge in [0.05, 0.1) is 12.2 Å². The molecule has 0 amide bonds. The van der Waals surface area contributed by atoms with Crippen LogP contribution in [0.4, 0.5) is 0 Å². The summed E-state index contributed by atoms with van der Waals surface area (Å²) in [6, 6.07) is 2.36. The Labute approximate surface area is 159 Å². The number of aliphatic hydroxyl groups excluding tert-OH is 1. The highest BCUT2D eigenvalue weighted by Gasteiger charge is 2.62. The smallest absolute Gasteiger partial charge is 0.0911 e. The van der Waals surface area contributed by atoms with Crippen LogP contribution >= 0.6 is 0 Å². The number of nitriles is 1. The lowest BCUT2D eigenvalue weighted by Crippen LogP contribution is -2.55. The molecule has 5 rings (SSSR count). The standard InChI is InChI=1S/C24H35NO/c1-23-12-8-18(26)15-17(23)4-5-19-21(23)9-13-24-11-2-3-16(10-14-25)20(24)6-7-22(19)24/h10,17-22,26H,2-9,11-13,15H2,1H3/b16-10-/t17-,18+,19?,20?,21?,22?,23-,24?/m0/s1. The van der Waals surface area contributed by atoms with Crippen LogP contribution in [0.1, 0.15) is 84.0 Å². The highest BCUT2D eigenvalue weighted by molar-refractivity contribution is 5.25. The van der Waals surface area contributed by atoms with E-state index in [2.05, 4.69) is 13.0 Å². The van der Waals surface area contributed by atoms with Gasteiger partial charge in [-0.3, -0.25) is 0 Å². The SMILES string of the molecule is C[C@]12CC[C@@H](O)C[C@@H]1CCC1C3CCC4/C(=C\C#N)CCCC43CCC12. The van der Waals surface area contributed by atoms with Crippen LogP contribution in [0, 0.1) is 51.8 Å². The molecule has 0 bridgehead atoms. The van der Waals surface area contributed by atoms with Gasteiger partial charge >= 0.3 is 0 Å². The minimum atomic E-state index is -0.0348. The van der Waals surface area contributed by atoms with Crippen LogP contribution < -0.4 is 0 Å². The van der Waals surface area contributed by atoms with Gasteiger partial charge in [-0.2, -0.15) is 5.26 Å². The van der Waals surface area contributed by atoms with E-state index in [1.165, 1.54) is 69.8 Å². The summed E-state index contributed by atoms with van der Waals surface area (Å²) in [6.07, 6.45) is 17.5. The Hall–Kier alpha value is -0.810. The van der Waals surface area contributed by atoms with Gasteiger partial charge in [0.1, 0.15) is 0 Å². The van der Waals surface area contributed by atoms with E-state index < -0.39 is 0 Å². The molecule has 0 aromatic carbocycles. The summed E-state index contributed by atoms with van der Waals surface area (Å²) in [5.41, 5.74) is 2.53. The number of nitrogens with zero attached hydrogens (tertiary/aromatic N) is 1. The third-order valence-corrected chi connectivity index (χ3v) is 10.2.